The molecule has 0 atom stereocenters. The molecule has 0 amide bonds. The van der Waals surface area contributed by atoms with Gasteiger partial charge in [0.25, 0.3) is 0 Å². The van der Waals surface area contributed by atoms with Crippen molar-refractivity contribution in [2.75, 3.05) is 0 Å². The van der Waals surface area contributed by atoms with Crippen molar-refractivity contribution in [2.24, 2.45) is 0 Å². The average molecular weight is 211 g/mol. The van der Waals surface area contributed by atoms with Crippen molar-refractivity contribution in [1.82, 2.24) is 4.98 Å². The summed E-state index contributed by atoms with van der Waals surface area (Å²) in [6.07, 6.45) is 3.79. The molecule has 1 heterocycles. The molecule has 0 saturated carbocycles. The number of aromatic nitrogens is 1. The lowest BCUT2D eigenvalue weighted by Gasteiger charge is -2.02. The average Bonchev–Trinajstić information content (AvgIpc) is 2.39. The first-order valence-corrected chi connectivity index (χ1v) is 4.82. The number of hydrogen-bond acceptors (Lipinski definition) is 3. The molecule has 16 heavy (non-hydrogen) atoms. The first kappa shape index (κ1) is 10.2. The van der Waals surface area contributed by atoms with E-state index in [1.165, 1.54) is 0 Å². The maximum Gasteiger partial charge on any atom is 0.193 e. The summed E-state index contributed by atoms with van der Waals surface area (Å²) < 4.78 is 0. The number of carbonyl (C=O) groups excluding carboxylic acids is 2. The third-order valence-corrected chi connectivity index (χ3v) is 2.27. The van der Waals surface area contributed by atoms with Crippen LogP contribution in [0.3, 0.4) is 0 Å². The SMILES string of the molecule is O=Cc1ccccc1C(=O)c1ccncc1. The summed E-state index contributed by atoms with van der Waals surface area (Å²) >= 11 is 0. The molecule has 0 fully saturated rings. The van der Waals surface area contributed by atoms with Gasteiger partial charge in [0.15, 0.2) is 12.1 Å². The number of ketones is 1. The Morgan fingerprint density at radius 2 is 1.75 bits per heavy atom. The van der Waals surface area contributed by atoms with E-state index in [0.717, 1.165) is 0 Å². The van der Waals surface area contributed by atoms with Gasteiger partial charge in [-0.05, 0) is 12.1 Å². The number of aldehydes is 1. The second-order valence-corrected chi connectivity index (χ2v) is 3.27. The molecule has 0 spiro atoms. The highest BCUT2D eigenvalue weighted by Crippen LogP contribution is 2.12. The zero-order valence-electron chi connectivity index (χ0n) is 8.46. The van der Waals surface area contributed by atoms with Crippen molar-refractivity contribution < 1.29 is 9.59 Å². The van der Waals surface area contributed by atoms with Crippen LogP contribution in [0.4, 0.5) is 0 Å². The Kier molecular flexibility index (Phi) is 2.87. The Morgan fingerprint density at radius 1 is 1.06 bits per heavy atom. The van der Waals surface area contributed by atoms with Crippen LogP contribution in [0.5, 0.6) is 0 Å². The fourth-order valence-electron chi connectivity index (χ4n) is 1.47. The number of pyridine rings is 1. The van der Waals surface area contributed by atoms with Gasteiger partial charge in [0.05, 0.1) is 0 Å². The van der Waals surface area contributed by atoms with E-state index in [4.69, 9.17) is 0 Å². The summed E-state index contributed by atoms with van der Waals surface area (Å²) in [4.78, 5) is 26.7. The van der Waals surface area contributed by atoms with Gasteiger partial charge in [0.1, 0.15) is 0 Å². The third-order valence-electron chi connectivity index (χ3n) is 2.27. The van der Waals surface area contributed by atoms with Crippen LogP contribution in [-0.4, -0.2) is 17.1 Å². The normalized spacial score (nSPS) is 9.75. The quantitative estimate of drug-likeness (QED) is 0.577. The second-order valence-electron chi connectivity index (χ2n) is 3.27. The first-order valence-electron chi connectivity index (χ1n) is 4.82. The lowest BCUT2D eigenvalue weighted by Crippen LogP contribution is -2.04. The van der Waals surface area contributed by atoms with Crippen molar-refractivity contribution in [3.63, 3.8) is 0 Å². The van der Waals surface area contributed by atoms with Gasteiger partial charge in [-0.25, -0.2) is 0 Å². The highest BCUT2D eigenvalue weighted by molar-refractivity contribution is 6.12. The largest absolute Gasteiger partial charge is 0.298 e. The molecule has 0 radical (unpaired) electrons. The molecular weight excluding hydrogens is 202 g/mol. The fourth-order valence-corrected chi connectivity index (χ4v) is 1.47. The summed E-state index contributed by atoms with van der Waals surface area (Å²) in [6, 6.07) is 10.00. The minimum atomic E-state index is -0.162. The molecule has 2 rings (SSSR count). The van der Waals surface area contributed by atoms with Crippen molar-refractivity contribution >= 4 is 12.1 Å². The van der Waals surface area contributed by atoms with E-state index >= 15 is 0 Å². The van der Waals surface area contributed by atoms with E-state index in [-0.39, 0.29) is 5.78 Å². The van der Waals surface area contributed by atoms with Gasteiger partial charge in [-0.15, -0.1) is 0 Å². The highest BCUT2D eigenvalue weighted by Gasteiger charge is 2.11. The van der Waals surface area contributed by atoms with E-state index in [9.17, 15) is 9.59 Å². The van der Waals surface area contributed by atoms with E-state index in [1.54, 1.807) is 48.8 Å². The van der Waals surface area contributed by atoms with Gasteiger partial charge in [0, 0.05) is 29.1 Å². The highest BCUT2D eigenvalue weighted by atomic mass is 16.1. The summed E-state index contributed by atoms with van der Waals surface area (Å²) in [5.41, 5.74) is 1.36. The molecule has 1 aromatic carbocycles. The molecule has 3 heteroatoms. The van der Waals surface area contributed by atoms with Gasteiger partial charge < -0.3 is 0 Å². The van der Waals surface area contributed by atoms with E-state index in [0.29, 0.717) is 23.0 Å². The summed E-state index contributed by atoms with van der Waals surface area (Å²) in [7, 11) is 0. The molecule has 1 aromatic heterocycles. The Hall–Kier alpha value is -2.29. The predicted octanol–water partition coefficient (Wildman–Crippen LogP) is 2.13. The van der Waals surface area contributed by atoms with Crippen molar-refractivity contribution in [3.05, 3.63) is 65.5 Å². The number of rotatable bonds is 3. The van der Waals surface area contributed by atoms with Gasteiger partial charge in [-0.3, -0.25) is 14.6 Å². The number of hydrogen-bond donors (Lipinski definition) is 0. The van der Waals surface area contributed by atoms with Gasteiger partial charge in [-0.2, -0.15) is 0 Å². The van der Waals surface area contributed by atoms with Crippen molar-refractivity contribution in [1.29, 1.82) is 0 Å². The molecule has 3 nitrogen and oxygen atoms in total. The number of carbonyl (C=O) groups is 2. The molecular formula is C13H9NO2. The zero-order chi connectivity index (χ0) is 11.4. The summed E-state index contributed by atoms with van der Waals surface area (Å²) in [5.74, 6) is -0.162. The molecule has 0 aliphatic carbocycles. The molecule has 78 valence electrons. The van der Waals surface area contributed by atoms with Gasteiger partial charge >= 0.3 is 0 Å². The van der Waals surface area contributed by atoms with Crippen LogP contribution >= 0.6 is 0 Å². The van der Waals surface area contributed by atoms with Crippen LogP contribution in [0.15, 0.2) is 48.8 Å². The first-order chi connectivity index (χ1) is 7.83. The number of nitrogens with zero attached hydrogens (tertiary/aromatic N) is 1. The molecule has 0 saturated heterocycles. The third kappa shape index (κ3) is 1.88. The molecule has 2 aromatic rings. The molecule has 0 aliphatic rings. The second kappa shape index (κ2) is 4.49. The van der Waals surface area contributed by atoms with Crippen LogP contribution < -0.4 is 0 Å². The number of benzene rings is 1. The van der Waals surface area contributed by atoms with Crippen LogP contribution in [0, 0.1) is 0 Å². The standard InChI is InChI=1S/C13H9NO2/c15-9-11-3-1-2-4-12(11)13(16)10-5-7-14-8-6-10/h1-9H. The zero-order valence-corrected chi connectivity index (χ0v) is 8.46. The van der Waals surface area contributed by atoms with E-state index < -0.39 is 0 Å². The van der Waals surface area contributed by atoms with Gasteiger partial charge in [0.2, 0.25) is 0 Å². The fraction of sp³-hybridized carbons (Fsp3) is 0. The molecule has 0 bridgehead atoms. The van der Waals surface area contributed by atoms with Crippen LogP contribution in [-0.2, 0) is 0 Å². The topological polar surface area (TPSA) is 47.0 Å². The van der Waals surface area contributed by atoms with Crippen LogP contribution in [0.2, 0.25) is 0 Å². The minimum absolute atomic E-state index is 0.162. The van der Waals surface area contributed by atoms with E-state index in [1.807, 2.05) is 0 Å². The summed E-state index contributed by atoms with van der Waals surface area (Å²) in [6.45, 7) is 0. The molecule has 0 N–H and O–H groups in total. The van der Waals surface area contributed by atoms with E-state index in [2.05, 4.69) is 4.98 Å². The predicted molar refractivity (Wildman–Crippen MR) is 59.5 cm³/mol. The van der Waals surface area contributed by atoms with Crippen molar-refractivity contribution in [3.8, 4) is 0 Å². The maximum atomic E-state index is 12.0. The Labute approximate surface area is 92.8 Å². The van der Waals surface area contributed by atoms with Gasteiger partial charge in [-0.1, -0.05) is 24.3 Å². The lowest BCUT2D eigenvalue weighted by molar-refractivity contribution is 0.102. The monoisotopic (exact) mass is 211 g/mol. The Balaban J connectivity index is 2.46. The minimum Gasteiger partial charge on any atom is -0.298 e. The van der Waals surface area contributed by atoms with Crippen LogP contribution in [0.25, 0.3) is 0 Å². The summed E-state index contributed by atoms with van der Waals surface area (Å²) in [5, 5.41) is 0. The molecule has 0 unspecified atom stereocenters. The van der Waals surface area contributed by atoms with Crippen LogP contribution in [0.1, 0.15) is 26.3 Å². The Bertz CT molecular complexity index is 520. The lowest BCUT2D eigenvalue weighted by atomic mass is 10.00. The van der Waals surface area contributed by atoms with Crippen molar-refractivity contribution in [2.45, 2.75) is 0 Å². The Morgan fingerprint density at radius 3 is 2.44 bits per heavy atom. The molecule has 0 aliphatic heterocycles. The smallest absolute Gasteiger partial charge is 0.193 e. The maximum absolute atomic E-state index is 12.0.